The summed E-state index contributed by atoms with van der Waals surface area (Å²) in [4.78, 5) is 41.0. The van der Waals surface area contributed by atoms with E-state index >= 15 is 0 Å². The fraction of sp³-hybridized carbons (Fsp3) is 0.286. The van der Waals surface area contributed by atoms with E-state index in [1.165, 1.54) is 11.2 Å². The highest BCUT2D eigenvalue weighted by Crippen LogP contribution is 2.27. The van der Waals surface area contributed by atoms with Crippen molar-refractivity contribution < 1.29 is 14.7 Å². The molecular weight excluding hydrogens is 448 g/mol. The molecular formula is C21H21ClN8O3. The molecule has 1 fully saturated rings. The highest BCUT2D eigenvalue weighted by atomic mass is 35.5. The van der Waals surface area contributed by atoms with Gasteiger partial charge >= 0.3 is 6.09 Å². The molecule has 1 aromatic carbocycles. The summed E-state index contributed by atoms with van der Waals surface area (Å²) in [6, 6.07) is 4.97. The number of nitrogens with one attached hydrogen (secondary N) is 2. The number of likely N-dealkylation sites (tertiary alicyclic amines) is 1. The van der Waals surface area contributed by atoms with Crippen LogP contribution in [0.1, 0.15) is 24.1 Å². The molecule has 170 valence electrons. The maximum absolute atomic E-state index is 12.5. The van der Waals surface area contributed by atoms with Crippen molar-refractivity contribution in [3.8, 4) is 0 Å². The number of H-pyrrole nitrogens is 1. The van der Waals surface area contributed by atoms with Gasteiger partial charge < -0.3 is 25.7 Å². The standard InChI is InChI=1S/C21H21ClN8O3/c22-13-4-11-6-14(7-24-20(31)15-2-1-3-30(15)21(32)33)28-16(11)12(5-13)8-29-10-27-17-18(23)25-9-26-19(17)29/h4-6,9-10,15,28H,1-3,7-8H2,(H,24,31)(H,32,33)(H2,23,25,26)/t15-/m0/s1. The molecule has 1 aliphatic rings. The molecule has 1 atom stereocenters. The van der Waals surface area contributed by atoms with E-state index in [4.69, 9.17) is 17.3 Å². The van der Waals surface area contributed by atoms with Crippen LogP contribution < -0.4 is 11.1 Å². The maximum Gasteiger partial charge on any atom is 0.407 e. The number of nitrogen functional groups attached to an aromatic ring is 1. The molecule has 3 aromatic heterocycles. The molecule has 0 radical (unpaired) electrons. The van der Waals surface area contributed by atoms with E-state index in [9.17, 15) is 14.7 Å². The van der Waals surface area contributed by atoms with E-state index in [1.54, 1.807) is 6.33 Å². The Bertz CT molecular complexity index is 1380. The summed E-state index contributed by atoms with van der Waals surface area (Å²) in [5, 5.41) is 13.6. The Hall–Kier alpha value is -3.86. The molecule has 0 bridgehead atoms. The minimum absolute atomic E-state index is 0.242. The number of benzene rings is 1. The van der Waals surface area contributed by atoms with Gasteiger partial charge in [-0.15, -0.1) is 0 Å². The summed E-state index contributed by atoms with van der Waals surface area (Å²) in [6.07, 6.45) is 3.18. The van der Waals surface area contributed by atoms with Crippen molar-refractivity contribution in [2.75, 3.05) is 12.3 Å². The fourth-order valence-electron chi connectivity index (χ4n) is 4.32. The molecule has 12 heteroatoms. The number of carboxylic acid groups (broad SMARTS) is 1. The van der Waals surface area contributed by atoms with Crippen molar-refractivity contribution in [2.45, 2.75) is 32.0 Å². The van der Waals surface area contributed by atoms with Gasteiger partial charge in [-0.1, -0.05) is 11.6 Å². The average Bonchev–Trinajstić information content (AvgIpc) is 3.51. The van der Waals surface area contributed by atoms with Crippen molar-refractivity contribution in [1.29, 1.82) is 0 Å². The Kier molecular flexibility index (Phi) is 5.25. The van der Waals surface area contributed by atoms with Crippen LogP contribution in [0.5, 0.6) is 0 Å². The average molecular weight is 469 g/mol. The number of anilines is 1. The largest absolute Gasteiger partial charge is 0.465 e. The van der Waals surface area contributed by atoms with Crippen LogP contribution in [0, 0.1) is 0 Å². The molecule has 11 nitrogen and oxygen atoms in total. The topological polar surface area (TPSA) is 155 Å². The molecule has 5 N–H and O–H groups in total. The number of halogens is 1. The Morgan fingerprint density at radius 3 is 2.94 bits per heavy atom. The van der Waals surface area contributed by atoms with Gasteiger partial charge in [-0.2, -0.15) is 0 Å². The smallest absolute Gasteiger partial charge is 0.407 e. The van der Waals surface area contributed by atoms with Gasteiger partial charge in [0.05, 0.1) is 24.9 Å². The van der Waals surface area contributed by atoms with E-state index in [0.29, 0.717) is 47.9 Å². The molecule has 2 amide bonds. The number of rotatable bonds is 5. The third-order valence-corrected chi connectivity index (χ3v) is 6.07. The molecule has 0 aliphatic carbocycles. The predicted octanol–water partition coefficient (Wildman–Crippen LogP) is 2.35. The Morgan fingerprint density at radius 2 is 2.12 bits per heavy atom. The van der Waals surface area contributed by atoms with Gasteiger partial charge in [0.2, 0.25) is 5.91 Å². The molecule has 1 aliphatic heterocycles. The first kappa shape index (κ1) is 21.0. The highest BCUT2D eigenvalue weighted by Gasteiger charge is 2.33. The lowest BCUT2D eigenvalue weighted by molar-refractivity contribution is -0.125. The predicted molar refractivity (Wildman–Crippen MR) is 122 cm³/mol. The zero-order chi connectivity index (χ0) is 23.1. The van der Waals surface area contributed by atoms with Crippen LogP contribution in [-0.4, -0.2) is 59.1 Å². The second-order valence-corrected chi connectivity index (χ2v) is 8.42. The number of amides is 2. The number of hydrogen-bond donors (Lipinski definition) is 4. The quantitative estimate of drug-likeness (QED) is 0.350. The van der Waals surface area contributed by atoms with Crippen LogP contribution in [0.4, 0.5) is 10.6 Å². The highest BCUT2D eigenvalue weighted by molar-refractivity contribution is 6.31. The maximum atomic E-state index is 12.5. The van der Waals surface area contributed by atoms with E-state index < -0.39 is 12.1 Å². The van der Waals surface area contributed by atoms with Crippen LogP contribution in [0.3, 0.4) is 0 Å². The van der Waals surface area contributed by atoms with Crippen molar-refractivity contribution in [3.05, 3.63) is 47.1 Å². The number of aromatic nitrogens is 5. The van der Waals surface area contributed by atoms with Crippen LogP contribution in [0.2, 0.25) is 5.02 Å². The first-order valence-electron chi connectivity index (χ1n) is 10.4. The Balaban J connectivity index is 1.38. The van der Waals surface area contributed by atoms with Crippen LogP contribution in [0.25, 0.3) is 22.1 Å². The number of imidazole rings is 1. The van der Waals surface area contributed by atoms with Crippen LogP contribution in [-0.2, 0) is 17.9 Å². The van der Waals surface area contributed by atoms with Gasteiger partial charge in [-0.25, -0.2) is 19.7 Å². The molecule has 0 saturated carbocycles. The lowest BCUT2D eigenvalue weighted by Gasteiger charge is -2.20. The van der Waals surface area contributed by atoms with Gasteiger partial charge in [0.15, 0.2) is 11.5 Å². The first-order valence-corrected chi connectivity index (χ1v) is 10.8. The van der Waals surface area contributed by atoms with Gasteiger partial charge in [0.25, 0.3) is 0 Å². The van der Waals surface area contributed by atoms with E-state index in [1.807, 2.05) is 22.8 Å². The Morgan fingerprint density at radius 1 is 1.27 bits per heavy atom. The Labute approximate surface area is 192 Å². The van der Waals surface area contributed by atoms with Gasteiger partial charge in [0, 0.05) is 22.6 Å². The summed E-state index contributed by atoms with van der Waals surface area (Å²) in [5.41, 5.74) is 9.61. The van der Waals surface area contributed by atoms with Crippen LogP contribution in [0.15, 0.2) is 30.9 Å². The molecule has 1 saturated heterocycles. The van der Waals surface area contributed by atoms with Crippen molar-refractivity contribution in [2.24, 2.45) is 0 Å². The molecule has 5 rings (SSSR count). The summed E-state index contributed by atoms with van der Waals surface area (Å²) in [5.74, 6) is 0.0191. The molecule has 4 aromatic rings. The number of nitrogens with zero attached hydrogens (tertiary/aromatic N) is 5. The lowest BCUT2D eigenvalue weighted by Crippen LogP contribution is -2.45. The summed E-state index contributed by atoms with van der Waals surface area (Å²) >= 11 is 6.36. The van der Waals surface area contributed by atoms with Crippen molar-refractivity contribution in [3.63, 3.8) is 0 Å². The molecule has 0 spiro atoms. The molecule has 4 heterocycles. The second-order valence-electron chi connectivity index (χ2n) is 7.98. The third-order valence-electron chi connectivity index (χ3n) is 5.86. The van der Waals surface area contributed by atoms with Gasteiger partial charge in [-0.3, -0.25) is 9.69 Å². The summed E-state index contributed by atoms with van der Waals surface area (Å²) in [6.45, 7) is 1.07. The van der Waals surface area contributed by atoms with Crippen molar-refractivity contribution >= 4 is 51.5 Å². The fourth-order valence-corrected chi connectivity index (χ4v) is 4.57. The second kappa shape index (κ2) is 8.24. The number of carbonyl (C=O) groups is 2. The minimum atomic E-state index is -1.07. The lowest BCUT2D eigenvalue weighted by atomic mass is 10.1. The van der Waals surface area contributed by atoms with Gasteiger partial charge in [-0.05, 0) is 36.6 Å². The summed E-state index contributed by atoms with van der Waals surface area (Å²) in [7, 11) is 0. The van der Waals surface area contributed by atoms with Gasteiger partial charge in [0.1, 0.15) is 17.9 Å². The summed E-state index contributed by atoms with van der Waals surface area (Å²) < 4.78 is 1.86. The third kappa shape index (κ3) is 3.91. The molecule has 33 heavy (non-hydrogen) atoms. The van der Waals surface area contributed by atoms with Crippen molar-refractivity contribution in [1.82, 2.24) is 34.7 Å². The number of carbonyl (C=O) groups excluding carboxylic acids is 1. The zero-order valence-corrected chi connectivity index (χ0v) is 18.2. The molecule has 0 unspecified atom stereocenters. The first-order chi connectivity index (χ1) is 15.9. The number of hydrogen-bond acceptors (Lipinski definition) is 6. The van der Waals surface area contributed by atoms with E-state index in [0.717, 1.165) is 22.2 Å². The SMILES string of the molecule is Nc1ncnc2c1ncn2Cc1cc(Cl)cc2cc(CNC(=O)[C@@H]3CCCN3C(=O)O)[nH]c12. The monoisotopic (exact) mass is 468 g/mol. The minimum Gasteiger partial charge on any atom is -0.465 e. The van der Waals surface area contributed by atoms with Crippen LogP contribution >= 0.6 is 11.6 Å². The van der Waals surface area contributed by atoms with E-state index in [2.05, 4.69) is 25.3 Å². The number of aromatic amines is 1. The number of fused-ring (bicyclic) bond motifs is 2. The number of nitrogens with two attached hydrogens (primary N) is 1. The zero-order valence-electron chi connectivity index (χ0n) is 17.5. The normalized spacial score (nSPS) is 16.0. The van der Waals surface area contributed by atoms with E-state index in [-0.39, 0.29) is 12.5 Å².